The van der Waals surface area contributed by atoms with E-state index in [4.69, 9.17) is 9.47 Å². The molecule has 2 aromatic carbocycles. The van der Waals surface area contributed by atoms with Crippen LogP contribution < -0.4 is 9.47 Å². The summed E-state index contributed by atoms with van der Waals surface area (Å²) in [6, 6.07) is 12.5. The zero-order valence-corrected chi connectivity index (χ0v) is 17.8. The Kier molecular flexibility index (Phi) is 6.41. The zero-order valence-electron chi connectivity index (χ0n) is 15.4. The number of ether oxygens (including phenoxy) is 2. The van der Waals surface area contributed by atoms with Crippen molar-refractivity contribution in [3.8, 4) is 11.5 Å². The molecule has 0 unspecified atom stereocenters. The van der Waals surface area contributed by atoms with Crippen molar-refractivity contribution < 1.29 is 17.9 Å². The van der Waals surface area contributed by atoms with Crippen LogP contribution in [-0.2, 0) is 16.6 Å². The molecule has 0 atom stereocenters. The summed E-state index contributed by atoms with van der Waals surface area (Å²) in [7, 11) is -0.271. The molecule has 0 radical (unpaired) electrons. The van der Waals surface area contributed by atoms with Crippen molar-refractivity contribution in [3.05, 3.63) is 52.5 Å². The van der Waals surface area contributed by atoms with E-state index in [1.807, 2.05) is 18.2 Å². The van der Waals surface area contributed by atoms with E-state index >= 15 is 0 Å². The summed E-state index contributed by atoms with van der Waals surface area (Å²) in [5.74, 6) is 1.44. The first-order valence-electron chi connectivity index (χ1n) is 8.63. The van der Waals surface area contributed by atoms with Gasteiger partial charge in [0.15, 0.2) is 0 Å². The van der Waals surface area contributed by atoms with Crippen molar-refractivity contribution in [1.29, 1.82) is 0 Å². The highest BCUT2D eigenvalue weighted by atomic mass is 79.9. The lowest BCUT2D eigenvalue weighted by atomic mass is 10.2. The van der Waals surface area contributed by atoms with Gasteiger partial charge in [0.2, 0.25) is 10.0 Å². The first-order valence-corrected chi connectivity index (χ1v) is 10.9. The van der Waals surface area contributed by atoms with Crippen LogP contribution >= 0.6 is 15.9 Å². The Morgan fingerprint density at radius 3 is 2.19 bits per heavy atom. The lowest BCUT2D eigenvalue weighted by Gasteiger charge is -2.34. The summed E-state index contributed by atoms with van der Waals surface area (Å²) in [4.78, 5) is 2.56. The van der Waals surface area contributed by atoms with Crippen molar-refractivity contribution in [2.75, 3.05) is 40.4 Å². The molecule has 1 heterocycles. The van der Waals surface area contributed by atoms with Gasteiger partial charge >= 0.3 is 0 Å². The maximum absolute atomic E-state index is 12.8. The van der Waals surface area contributed by atoms with Crippen LogP contribution in [0.4, 0.5) is 0 Å². The molecule has 146 valence electrons. The minimum absolute atomic E-state index is 0.302. The molecule has 3 rings (SSSR count). The Bertz CT molecular complexity index is 879. The average Bonchev–Trinajstić information content (AvgIpc) is 2.68. The van der Waals surface area contributed by atoms with Crippen LogP contribution in [-0.4, -0.2) is 58.0 Å². The number of benzene rings is 2. The average molecular weight is 455 g/mol. The number of piperazine rings is 1. The fourth-order valence-corrected chi connectivity index (χ4v) is 5.10. The van der Waals surface area contributed by atoms with E-state index in [1.54, 1.807) is 42.8 Å². The van der Waals surface area contributed by atoms with Crippen LogP contribution in [0.5, 0.6) is 11.5 Å². The van der Waals surface area contributed by atoms with Crippen LogP contribution in [0.15, 0.2) is 51.8 Å². The van der Waals surface area contributed by atoms with Crippen molar-refractivity contribution in [2.45, 2.75) is 11.4 Å². The molecule has 0 bridgehead atoms. The molecule has 1 saturated heterocycles. The molecule has 0 saturated carbocycles. The molecule has 8 heteroatoms. The Balaban J connectivity index is 1.61. The van der Waals surface area contributed by atoms with E-state index in [1.165, 1.54) is 0 Å². The summed E-state index contributed by atoms with van der Waals surface area (Å²) >= 11 is 3.50. The fraction of sp³-hybridized carbons (Fsp3) is 0.368. The highest BCUT2D eigenvalue weighted by Gasteiger charge is 2.28. The Morgan fingerprint density at radius 2 is 1.63 bits per heavy atom. The molecule has 2 aromatic rings. The molecule has 1 aliphatic rings. The summed E-state index contributed by atoms with van der Waals surface area (Å²) < 4.78 is 38.4. The maximum Gasteiger partial charge on any atom is 0.243 e. The van der Waals surface area contributed by atoms with Gasteiger partial charge in [-0.05, 0) is 57.9 Å². The SMILES string of the molecule is COc1ccc(S(=O)(=O)N2CCN(Cc3ccc(OC)c(Br)c3)CC2)cc1. The normalized spacial score (nSPS) is 16.3. The number of nitrogens with zero attached hydrogens (tertiary/aromatic N) is 2. The first kappa shape index (κ1) is 20.1. The van der Waals surface area contributed by atoms with Crippen molar-refractivity contribution in [3.63, 3.8) is 0 Å². The van der Waals surface area contributed by atoms with E-state index in [-0.39, 0.29) is 0 Å². The van der Waals surface area contributed by atoms with E-state index in [0.717, 1.165) is 22.3 Å². The maximum atomic E-state index is 12.8. The third kappa shape index (κ3) is 4.63. The molecule has 1 fully saturated rings. The van der Waals surface area contributed by atoms with E-state index < -0.39 is 10.0 Å². The van der Waals surface area contributed by atoms with Gasteiger partial charge in [-0.2, -0.15) is 4.31 Å². The number of hydrogen-bond acceptors (Lipinski definition) is 5. The monoisotopic (exact) mass is 454 g/mol. The fourth-order valence-electron chi connectivity index (χ4n) is 3.09. The lowest BCUT2D eigenvalue weighted by Crippen LogP contribution is -2.48. The molecule has 6 nitrogen and oxygen atoms in total. The minimum Gasteiger partial charge on any atom is -0.497 e. The summed E-state index contributed by atoms with van der Waals surface area (Å²) in [6.07, 6.45) is 0. The van der Waals surface area contributed by atoms with Crippen molar-refractivity contribution in [2.24, 2.45) is 0 Å². The van der Waals surface area contributed by atoms with Gasteiger partial charge in [0.25, 0.3) is 0 Å². The molecular weight excluding hydrogens is 432 g/mol. The highest BCUT2D eigenvalue weighted by molar-refractivity contribution is 9.10. The largest absolute Gasteiger partial charge is 0.497 e. The van der Waals surface area contributed by atoms with Gasteiger partial charge < -0.3 is 9.47 Å². The predicted octanol–water partition coefficient (Wildman–Crippen LogP) is 2.97. The van der Waals surface area contributed by atoms with Gasteiger partial charge in [-0.15, -0.1) is 0 Å². The molecule has 27 heavy (non-hydrogen) atoms. The Hall–Kier alpha value is -1.61. The first-order chi connectivity index (χ1) is 12.9. The Labute approximate surface area is 168 Å². The molecule has 0 aliphatic carbocycles. The minimum atomic E-state index is -3.47. The highest BCUT2D eigenvalue weighted by Crippen LogP contribution is 2.26. The molecule has 0 spiro atoms. The second-order valence-corrected chi connectivity index (χ2v) is 9.12. The van der Waals surface area contributed by atoms with Crippen LogP contribution in [0.1, 0.15) is 5.56 Å². The molecule has 0 amide bonds. The van der Waals surface area contributed by atoms with E-state index in [0.29, 0.717) is 36.8 Å². The Morgan fingerprint density at radius 1 is 0.963 bits per heavy atom. The predicted molar refractivity (Wildman–Crippen MR) is 108 cm³/mol. The second-order valence-electron chi connectivity index (χ2n) is 6.32. The number of halogens is 1. The third-order valence-electron chi connectivity index (χ3n) is 4.65. The van der Waals surface area contributed by atoms with Gasteiger partial charge in [0.1, 0.15) is 11.5 Å². The van der Waals surface area contributed by atoms with Gasteiger partial charge in [0, 0.05) is 32.7 Å². The standard InChI is InChI=1S/C19H23BrN2O4S/c1-25-16-4-6-17(7-5-16)27(23,24)22-11-9-21(10-12-22)14-15-3-8-19(26-2)18(20)13-15/h3-8,13H,9-12,14H2,1-2H3. The van der Waals surface area contributed by atoms with E-state index in [2.05, 4.69) is 20.8 Å². The zero-order chi connectivity index (χ0) is 19.4. The van der Waals surface area contributed by atoms with Gasteiger partial charge in [-0.1, -0.05) is 6.07 Å². The van der Waals surface area contributed by atoms with E-state index in [9.17, 15) is 8.42 Å². The van der Waals surface area contributed by atoms with Crippen LogP contribution in [0, 0.1) is 0 Å². The van der Waals surface area contributed by atoms with Crippen LogP contribution in [0.25, 0.3) is 0 Å². The quantitative estimate of drug-likeness (QED) is 0.671. The van der Waals surface area contributed by atoms with Gasteiger partial charge in [0.05, 0.1) is 23.6 Å². The van der Waals surface area contributed by atoms with Crippen LogP contribution in [0.2, 0.25) is 0 Å². The topological polar surface area (TPSA) is 59.1 Å². The third-order valence-corrected chi connectivity index (χ3v) is 7.18. The van der Waals surface area contributed by atoms with Gasteiger partial charge in [-0.25, -0.2) is 8.42 Å². The smallest absolute Gasteiger partial charge is 0.243 e. The second kappa shape index (κ2) is 8.60. The molecule has 0 N–H and O–H groups in total. The lowest BCUT2D eigenvalue weighted by molar-refractivity contribution is 0.181. The summed E-state index contributed by atoms with van der Waals surface area (Å²) in [5, 5.41) is 0. The molecule has 0 aromatic heterocycles. The number of methoxy groups -OCH3 is 2. The van der Waals surface area contributed by atoms with Gasteiger partial charge in [-0.3, -0.25) is 4.90 Å². The number of sulfonamides is 1. The van der Waals surface area contributed by atoms with Crippen LogP contribution in [0.3, 0.4) is 0 Å². The summed E-state index contributed by atoms with van der Waals surface area (Å²) in [6.45, 7) is 3.12. The number of rotatable bonds is 6. The number of hydrogen-bond donors (Lipinski definition) is 0. The molecular formula is C19H23BrN2O4S. The molecule has 1 aliphatic heterocycles. The van der Waals surface area contributed by atoms with Crippen molar-refractivity contribution in [1.82, 2.24) is 9.21 Å². The summed E-state index contributed by atoms with van der Waals surface area (Å²) in [5.41, 5.74) is 1.16. The van der Waals surface area contributed by atoms with Crippen molar-refractivity contribution >= 4 is 26.0 Å².